The molecule has 0 unspecified atom stereocenters. The van der Waals surface area contributed by atoms with Crippen molar-refractivity contribution in [2.24, 2.45) is 5.11 Å². The fraction of sp³-hybridized carbons (Fsp3) is 0.611. The fourth-order valence-corrected chi connectivity index (χ4v) is 3.43. The molecule has 28 heavy (non-hydrogen) atoms. The van der Waals surface area contributed by atoms with Crippen LogP contribution in [0, 0.1) is 13.8 Å². The second-order valence-corrected chi connectivity index (χ2v) is 7.94. The predicted molar refractivity (Wildman–Crippen MR) is 109 cm³/mol. The molecular formula is C18H28BN5O4. The molecule has 1 aliphatic rings. The largest absolute Gasteiger partial charge is 0.488 e. The molecule has 0 atom stereocenters. The van der Waals surface area contributed by atoms with E-state index in [9.17, 15) is 14.8 Å². The molecule has 1 saturated heterocycles. The van der Waals surface area contributed by atoms with E-state index in [1.165, 1.54) is 0 Å². The summed E-state index contributed by atoms with van der Waals surface area (Å²) >= 11 is 0. The molecular weight excluding hydrogens is 361 g/mol. The molecule has 1 aromatic carbocycles. The van der Waals surface area contributed by atoms with Gasteiger partial charge in [0.05, 0.1) is 6.54 Å². The van der Waals surface area contributed by atoms with Crippen LogP contribution in [0.3, 0.4) is 0 Å². The molecule has 0 radical (unpaired) electrons. The van der Waals surface area contributed by atoms with Gasteiger partial charge in [0, 0.05) is 36.8 Å². The first-order chi connectivity index (χ1) is 13.0. The molecule has 0 bridgehead atoms. The zero-order chi connectivity index (χ0) is 21.1. The Morgan fingerprint density at radius 1 is 1.25 bits per heavy atom. The Kier molecular flexibility index (Phi) is 6.82. The van der Waals surface area contributed by atoms with Gasteiger partial charge in [-0.05, 0) is 62.3 Å². The van der Waals surface area contributed by atoms with Gasteiger partial charge in [-0.3, -0.25) is 0 Å². The lowest BCUT2D eigenvalue weighted by molar-refractivity contribution is 0.0240. The summed E-state index contributed by atoms with van der Waals surface area (Å²) in [6.07, 6.45) is -0.329. The van der Waals surface area contributed by atoms with Crippen molar-refractivity contribution in [3.8, 4) is 0 Å². The number of carbonyl (C=O) groups excluding carboxylic acids is 1. The highest BCUT2D eigenvalue weighted by Crippen LogP contribution is 2.28. The molecule has 0 saturated carbocycles. The van der Waals surface area contributed by atoms with Crippen LogP contribution in [0.1, 0.15) is 37.5 Å². The van der Waals surface area contributed by atoms with Crippen molar-refractivity contribution in [3.05, 3.63) is 33.2 Å². The molecule has 1 heterocycles. The normalized spacial score (nSPS) is 14.5. The second-order valence-electron chi connectivity index (χ2n) is 7.94. The van der Waals surface area contributed by atoms with Gasteiger partial charge in [-0.1, -0.05) is 11.2 Å². The number of hydrogen-bond acceptors (Lipinski definition) is 6. The van der Waals surface area contributed by atoms with Gasteiger partial charge in [0.25, 0.3) is 0 Å². The molecule has 2 N–H and O–H groups in total. The summed E-state index contributed by atoms with van der Waals surface area (Å²) in [6.45, 7) is 11.6. The highest BCUT2D eigenvalue weighted by molar-refractivity contribution is 6.59. The van der Waals surface area contributed by atoms with Crippen LogP contribution in [0.15, 0.2) is 11.2 Å². The Morgan fingerprint density at radius 2 is 1.86 bits per heavy atom. The van der Waals surface area contributed by atoms with Crippen LogP contribution in [0.2, 0.25) is 0 Å². The van der Waals surface area contributed by atoms with Gasteiger partial charge < -0.3 is 24.6 Å². The first kappa shape index (κ1) is 21.9. The van der Waals surface area contributed by atoms with Crippen LogP contribution in [0.5, 0.6) is 0 Å². The van der Waals surface area contributed by atoms with Crippen molar-refractivity contribution in [2.45, 2.75) is 46.8 Å². The van der Waals surface area contributed by atoms with Crippen molar-refractivity contribution in [2.75, 3.05) is 31.1 Å². The topological polar surface area (TPSA) is 122 Å². The number of piperazine rings is 1. The number of benzene rings is 1. The average Bonchev–Trinajstić information content (AvgIpc) is 2.60. The van der Waals surface area contributed by atoms with Crippen LogP contribution >= 0.6 is 0 Å². The summed E-state index contributed by atoms with van der Waals surface area (Å²) in [5.41, 5.74) is 11.8. The zero-order valence-corrected chi connectivity index (χ0v) is 17.1. The van der Waals surface area contributed by atoms with E-state index in [1.807, 2.05) is 34.6 Å². The van der Waals surface area contributed by atoms with Crippen molar-refractivity contribution in [1.29, 1.82) is 0 Å². The van der Waals surface area contributed by atoms with Crippen molar-refractivity contribution < 1.29 is 19.6 Å². The lowest BCUT2D eigenvalue weighted by Crippen LogP contribution is -2.51. The lowest BCUT2D eigenvalue weighted by Gasteiger charge is -2.38. The smallest absolute Gasteiger partial charge is 0.444 e. The third-order valence-corrected chi connectivity index (χ3v) is 4.78. The molecule has 0 aliphatic carbocycles. The van der Waals surface area contributed by atoms with E-state index in [-0.39, 0.29) is 12.6 Å². The summed E-state index contributed by atoms with van der Waals surface area (Å²) in [5.74, 6) is 0. The van der Waals surface area contributed by atoms with Gasteiger partial charge in [-0.2, -0.15) is 0 Å². The van der Waals surface area contributed by atoms with Crippen molar-refractivity contribution in [1.82, 2.24) is 4.90 Å². The van der Waals surface area contributed by atoms with E-state index >= 15 is 0 Å². The van der Waals surface area contributed by atoms with E-state index in [2.05, 4.69) is 14.9 Å². The van der Waals surface area contributed by atoms with Gasteiger partial charge >= 0.3 is 13.2 Å². The van der Waals surface area contributed by atoms with Gasteiger partial charge in [0.15, 0.2) is 0 Å². The number of anilines is 1. The van der Waals surface area contributed by atoms with Gasteiger partial charge in [-0.15, -0.1) is 0 Å². The molecule has 1 fully saturated rings. The number of nitrogens with zero attached hydrogens (tertiary/aromatic N) is 5. The SMILES string of the molecule is Cc1c(CN=[N+]=[N-])cc(B(O)O)c(C)c1N1CCN(C(=O)OC(C)(C)C)CC1. The third-order valence-electron chi connectivity index (χ3n) is 4.78. The summed E-state index contributed by atoms with van der Waals surface area (Å²) in [5, 5.41) is 23.1. The molecule has 10 heteroatoms. The first-order valence-corrected chi connectivity index (χ1v) is 9.28. The highest BCUT2D eigenvalue weighted by Gasteiger charge is 2.29. The van der Waals surface area contributed by atoms with Crippen molar-refractivity contribution in [3.63, 3.8) is 0 Å². The number of ether oxygens (including phenoxy) is 1. The van der Waals surface area contributed by atoms with Crippen molar-refractivity contribution >= 4 is 24.4 Å². The van der Waals surface area contributed by atoms with Crippen LogP contribution < -0.4 is 10.4 Å². The number of carbonyl (C=O) groups is 1. The Bertz CT molecular complexity index is 779. The maximum atomic E-state index is 12.3. The van der Waals surface area contributed by atoms with Gasteiger partial charge in [0.2, 0.25) is 0 Å². The van der Waals surface area contributed by atoms with Gasteiger partial charge in [-0.25, -0.2) is 4.79 Å². The molecule has 9 nitrogen and oxygen atoms in total. The maximum Gasteiger partial charge on any atom is 0.488 e. The second kappa shape index (κ2) is 8.73. The van der Waals surface area contributed by atoms with Crippen LogP contribution in [-0.4, -0.2) is 59.9 Å². The summed E-state index contributed by atoms with van der Waals surface area (Å²) < 4.78 is 5.44. The van der Waals surface area contributed by atoms with E-state index in [0.29, 0.717) is 31.6 Å². The van der Waals surface area contributed by atoms with E-state index in [1.54, 1.807) is 11.0 Å². The Labute approximate surface area is 165 Å². The van der Waals surface area contributed by atoms with Crippen LogP contribution in [-0.2, 0) is 11.3 Å². The minimum Gasteiger partial charge on any atom is -0.444 e. The lowest BCUT2D eigenvalue weighted by atomic mass is 9.74. The van der Waals surface area contributed by atoms with Crippen LogP contribution in [0.25, 0.3) is 10.4 Å². The standard InChI is InChI=1S/C18H28BN5O4/c1-12-14(11-21-22-20)10-15(19(26)27)13(2)16(12)23-6-8-24(9-7-23)17(25)28-18(3,4)5/h10,26-27H,6-9,11H2,1-5H3. The van der Waals surface area contributed by atoms with E-state index in [0.717, 1.165) is 22.4 Å². The quantitative estimate of drug-likeness (QED) is 0.352. The Hall–Kier alpha value is -2.42. The fourth-order valence-electron chi connectivity index (χ4n) is 3.43. The number of amides is 1. The minimum absolute atomic E-state index is 0.132. The minimum atomic E-state index is -1.62. The summed E-state index contributed by atoms with van der Waals surface area (Å²) in [4.78, 5) is 18.9. The van der Waals surface area contributed by atoms with Gasteiger partial charge in [0.1, 0.15) is 5.60 Å². The number of azide groups is 1. The molecule has 0 spiro atoms. The molecule has 152 valence electrons. The number of hydrogen-bond donors (Lipinski definition) is 2. The maximum absolute atomic E-state index is 12.3. The number of rotatable bonds is 4. The average molecular weight is 389 g/mol. The summed E-state index contributed by atoms with van der Waals surface area (Å²) in [7, 11) is -1.62. The Morgan fingerprint density at radius 3 is 2.36 bits per heavy atom. The molecule has 2 rings (SSSR count). The monoisotopic (exact) mass is 389 g/mol. The summed E-state index contributed by atoms with van der Waals surface area (Å²) in [6, 6.07) is 1.67. The van der Waals surface area contributed by atoms with Crippen LogP contribution in [0.4, 0.5) is 10.5 Å². The molecule has 1 aliphatic heterocycles. The molecule has 1 amide bonds. The Balaban J connectivity index is 2.27. The first-order valence-electron chi connectivity index (χ1n) is 9.28. The van der Waals surface area contributed by atoms with E-state index < -0.39 is 12.7 Å². The van der Waals surface area contributed by atoms with E-state index in [4.69, 9.17) is 10.3 Å². The highest BCUT2D eigenvalue weighted by atomic mass is 16.6. The third kappa shape index (κ3) is 5.10. The molecule has 1 aromatic rings. The predicted octanol–water partition coefficient (Wildman–Crippen LogP) is 1.85. The molecule has 0 aromatic heterocycles. The zero-order valence-electron chi connectivity index (χ0n) is 17.1.